The number of ether oxygens (including phenoxy) is 1. The highest BCUT2D eigenvalue weighted by Gasteiger charge is 2.37. The maximum atomic E-state index is 14.1. The predicted molar refractivity (Wildman–Crippen MR) is 149 cm³/mol. The van der Waals surface area contributed by atoms with Crippen LogP contribution in [0.1, 0.15) is 90.5 Å². The van der Waals surface area contributed by atoms with Crippen LogP contribution >= 0.6 is 11.8 Å². The van der Waals surface area contributed by atoms with Crippen LogP contribution in [0.25, 0.3) is 0 Å². The lowest BCUT2D eigenvalue weighted by Gasteiger charge is -2.36. The Balaban J connectivity index is 3.52. The lowest BCUT2D eigenvalue weighted by Crippen LogP contribution is -2.55. The van der Waals surface area contributed by atoms with Gasteiger partial charge in [0.1, 0.15) is 17.7 Å². The molecule has 2 N–H and O–H groups in total. The number of alkyl carbamates (subject to hydrolysis) is 1. The quantitative estimate of drug-likeness (QED) is 0.400. The number of amides is 3. The highest BCUT2D eigenvalue weighted by molar-refractivity contribution is 7.98. The summed E-state index contributed by atoms with van der Waals surface area (Å²) in [5, 5.41) is 5.85. The van der Waals surface area contributed by atoms with Gasteiger partial charge in [0.05, 0.1) is 0 Å². The predicted octanol–water partition coefficient (Wildman–Crippen LogP) is 5.53. The molecular weight excluding hydrogens is 474 g/mol. The molecule has 0 spiro atoms. The third-order valence-electron chi connectivity index (χ3n) is 5.54. The van der Waals surface area contributed by atoms with Crippen LogP contribution in [-0.4, -0.2) is 58.5 Å². The van der Waals surface area contributed by atoms with Crippen LogP contribution in [-0.2, 0) is 14.3 Å². The van der Waals surface area contributed by atoms with E-state index >= 15 is 0 Å². The smallest absolute Gasteiger partial charge is 0.408 e. The zero-order valence-corrected chi connectivity index (χ0v) is 24.7. The van der Waals surface area contributed by atoms with Gasteiger partial charge in [0.2, 0.25) is 11.8 Å². The van der Waals surface area contributed by atoms with E-state index in [4.69, 9.17) is 4.74 Å². The minimum absolute atomic E-state index is 0.240. The van der Waals surface area contributed by atoms with Gasteiger partial charge < -0.3 is 20.3 Å². The van der Waals surface area contributed by atoms with E-state index in [0.29, 0.717) is 18.7 Å². The monoisotopic (exact) mass is 521 g/mol. The molecule has 1 rings (SSSR count). The van der Waals surface area contributed by atoms with Crippen LogP contribution in [0.3, 0.4) is 0 Å². The lowest BCUT2D eigenvalue weighted by atomic mass is 9.97. The number of carbonyl (C=O) groups excluding carboxylic acids is 3. The van der Waals surface area contributed by atoms with E-state index in [1.165, 1.54) is 0 Å². The van der Waals surface area contributed by atoms with Gasteiger partial charge in [0, 0.05) is 12.1 Å². The molecule has 0 bridgehead atoms. The molecule has 0 saturated heterocycles. The van der Waals surface area contributed by atoms with E-state index in [-0.39, 0.29) is 11.8 Å². The summed E-state index contributed by atoms with van der Waals surface area (Å²) in [6.45, 7) is 17.6. The Morgan fingerprint density at radius 2 is 1.69 bits per heavy atom. The largest absolute Gasteiger partial charge is 0.444 e. The summed E-state index contributed by atoms with van der Waals surface area (Å²) in [6, 6.07) is 4.25. The first-order valence-corrected chi connectivity index (χ1v) is 14.2. The van der Waals surface area contributed by atoms with Gasteiger partial charge in [0.25, 0.3) is 0 Å². The number of thioether (sulfide) groups is 1. The van der Waals surface area contributed by atoms with E-state index < -0.39 is 29.3 Å². The van der Waals surface area contributed by atoms with Gasteiger partial charge in [-0.3, -0.25) is 9.59 Å². The number of unbranched alkanes of at least 4 members (excludes halogenated alkanes) is 1. The maximum absolute atomic E-state index is 14.1. The number of benzene rings is 1. The fourth-order valence-electron chi connectivity index (χ4n) is 3.68. The molecule has 0 heterocycles. The van der Waals surface area contributed by atoms with Gasteiger partial charge in [-0.15, -0.1) is 0 Å². The minimum Gasteiger partial charge on any atom is -0.444 e. The first-order chi connectivity index (χ1) is 16.6. The van der Waals surface area contributed by atoms with E-state index in [2.05, 4.69) is 10.6 Å². The van der Waals surface area contributed by atoms with Crippen molar-refractivity contribution in [2.24, 2.45) is 0 Å². The first kappa shape index (κ1) is 31.8. The minimum atomic E-state index is -0.820. The Morgan fingerprint density at radius 1 is 1.06 bits per heavy atom. The van der Waals surface area contributed by atoms with Crippen molar-refractivity contribution in [3.8, 4) is 0 Å². The van der Waals surface area contributed by atoms with Gasteiger partial charge in [-0.2, -0.15) is 11.8 Å². The molecule has 0 aliphatic rings. The highest BCUT2D eigenvalue weighted by atomic mass is 32.2. The van der Waals surface area contributed by atoms with Crippen LogP contribution in [0.4, 0.5) is 4.79 Å². The number of hydrogen-bond donors (Lipinski definition) is 2. The van der Waals surface area contributed by atoms with Gasteiger partial charge in [-0.25, -0.2) is 4.79 Å². The molecule has 1 aromatic rings. The third-order valence-corrected chi connectivity index (χ3v) is 6.18. The van der Waals surface area contributed by atoms with Crippen molar-refractivity contribution in [3.05, 3.63) is 34.9 Å². The average Bonchev–Trinajstić information content (AvgIpc) is 2.73. The molecule has 0 fully saturated rings. The molecule has 8 heteroatoms. The second-order valence-corrected chi connectivity index (χ2v) is 12.3. The summed E-state index contributed by atoms with van der Waals surface area (Å²) in [5.41, 5.74) is 1.76. The van der Waals surface area contributed by atoms with E-state index in [0.717, 1.165) is 29.5 Å². The summed E-state index contributed by atoms with van der Waals surface area (Å²) in [6.07, 6.45) is 3.34. The summed E-state index contributed by atoms with van der Waals surface area (Å²) < 4.78 is 5.44. The zero-order valence-electron chi connectivity index (χ0n) is 23.9. The first-order valence-electron chi connectivity index (χ1n) is 12.8. The Morgan fingerprint density at radius 3 is 2.19 bits per heavy atom. The van der Waals surface area contributed by atoms with Crippen molar-refractivity contribution in [1.82, 2.24) is 15.5 Å². The van der Waals surface area contributed by atoms with Crippen LogP contribution in [0, 0.1) is 13.8 Å². The van der Waals surface area contributed by atoms with Crippen molar-refractivity contribution in [2.45, 2.75) is 105 Å². The molecule has 0 aliphatic heterocycles. The summed E-state index contributed by atoms with van der Waals surface area (Å²) in [4.78, 5) is 42.0. The van der Waals surface area contributed by atoms with Crippen LogP contribution in [0.5, 0.6) is 0 Å². The van der Waals surface area contributed by atoms with Crippen molar-refractivity contribution in [3.63, 3.8) is 0 Å². The zero-order chi connectivity index (χ0) is 27.7. The summed E-state index contributed by atoms with van der Waals surface area (Å²) in [5.74, 6) is 0.155. The number of aryl methyl sites for hydroxylation is 2. The SMILES string of the molecule is CCCCN(C(=O)C(CCSC)NC(=O)OC(C)(C)C)C(C(=O)NC(C)(C)C)c1ccc(C)c(C)c1. The highest BCUT2D eigenvalue weighted by Crippen LogP contribution is 2.27. The fourth-order valence-corrected chi connectivity index (χ4v) is 4.15. The molecule has 0 aliphatic carbocycles. The van der Waals surface area contributed by atoms with Crippen molar-refractivity contribution >= 4 is 29.7 Å². The standard InChI is InChI=1S/C28H47N3O4S/c1-11-12-16-31(25(33)22(15-17-36-10)29-26(34)35-28(7,8)9)23(24(32)30-27(4,5)6)21-14-13-19(2)20(3)18-21/h13-14,18,22-23H,11-12,15-17H2,1-10H3,(H,29,34)(H,30,32). The van der Waals surface area contributed by atoms with E-state index in [1.807, 2.05) is 66.0 Å². The number of rotatable bonds is 11. The molecule has 7 nitrogen and oxygen atoms in total. The van der Waals surface area contributed by atoms with Gasteiger partial charge >= 0.3 is 6.09 Å². The van der Waals surface area contributed by atoms with Gasteiger partial charge in [-0.1, -0.05) is 31.5 Å². The molecule has 0 radical (unpaired) electrons. The Hall–Kier alpha value is -2.22. The molecular formula is C28H47N3O4S. The number of nitrogens with one attached hydrogen (secondary N) is 2. The Labute approximate surface area is 222 Å². The number of hydrogen-bond acceptors (Lipinski definition) is 5. The maximum Gasteiger partial charge on any atom is 0.408 e. The summed E-state index contributed by atoms with van der Waals surface area (Å²) >= 11 is 1.60. The number of carbonyl (C=O) groups is 3. The lowest BCUT2D eigenvalue weighted by molar-refractivity contribution is -0.143. The summed E-state index contributed by atoms with van der Waals surface area (Å²) in [7, 11) is 0. The molecule has 3 amide bonds. The van der Waals surface area contributed by atoms with Crippen molar-refractivity contribution in [2.75, 3.05) is 18.6 Å². The molecule has 2 atom stereocenters. The van der Waals surface area contributed by atoms with E-state index in [9.17, 15) is 14.4 Å². The van der Waals surface area contributed by atoms with Crippen molar-refractivity contribution in [1.29, 1.82) is 0 Å². The third kappa shape index (κ3) is 10.8. The van der Waals surface area contributed by atoms with Crippen molar-refractivity contribution < 1.29 is 19.1 Å². The molecule has 2 unspecified atom stereocenters. The Bertz CT molecular complexity index is 890. The fraction of sp³-hybridized carbons (Fsp3) is 0.679. The topological polar surface area (TPSA) is 87.7 Å². The molecule has 36 heavy (non-hydrogen) atoms. The second kappa shape index (κ2) is 13.9. The Kier molecular flexibility index (Phi) is 12.3. The molecule has 204 valence electrons. The van der Waals surface area contributed by atoms with Gasteiger partial charge in [0.15, 0.2) is 0 Å². The van der Waals surface area contributed by atoms with Crippen LogP contribution in [0.15, 0.2) is 18.2 Å². The van der Waals surface area contributed by atoms with Crippen LogP contribution < -0.4 is 10.6 Å². The van der Waals surface area contributed by atoms with Gasteiger partial charge in [-0.05, 0) is 96.9 Å². The second-order valence-electron chi connectivity index (χ2n) is 11.4. The molecule has 0 saturated carbocycles. The normalized spacial score (nSPS) is 13.5. The average molecular weight is 522 g/mol. The number of nitrogens with zero attached hydrogens (tertiary/aromatic N) is 1. The molecule has 0 aromatic heterocycles. The molecule has 1 aromatic carbocycles. The van der Waals surface area contributed by atoms with Crippen LogP contribution in [0.2, 0.25) is 0 Å². The van der Waals surface area contributed by atoms with E-state index in [1.54, 1.807) is 37.4 Å².